The lowest BCUT2D eigenvalue weighted by Crippen LogP contribution is -2.51. The molecule has 0 heterocycles. The fourth-order valence-corrected chi connectivity index (χ4v) is 3.72. The summed E-state index contributed by atoms with van der Waals surface area (Å²) in [5.41, 5.74) is 15.1. The van der Waals surface area contributed by atoms with Crippen LogP contribution in [-0.4, -0.2) is 53.7 Å². The van der Waals surface area contributed by atoms with E-state index in [1.54, 1.807) is 0 Å². The van der Waals surface area contributed by atoms with E-state index in [-0.39, 0.29) is 25.6 Å². The van der Waals surface area contributed by atoms with Crippen molar-refractivity contribution in [3.8, 4) is 11.1 Å². The summed E-state index contributed by atoms with van der Waals surface area (Å²) in [4.78, 5) is 36.5. The van der Waals surface area contributed by atoms with Gasteiger partial charge in [0.1, 0.15) is 12.6 Å². The molecular formula is C21H23N3O5. The van der Waals surface area contributed by atoms with Crippen LogP contribution < -0.4 is 11.5 Å². The van der Waals surface area contributed by atoms with E-state index in [1.165, 1.54) is 0 Å². The van der Waals surface area contributed by atoms with E-state index < -0.39 is 30.4 Å². The number of carbonyl (C=O) groups excluding carboxylic acids is 2. The first-order valence-electron chi connectivity index (χ1n) is 9.26. The summed E-state index contributed by atoms with van der Waals surface area (Å²) >= 11 is 0. The van der Waals surface area contributed by atoms with Crippen LogP contribution in [0.15, 0.2) is 48.5 Å². The molecule has 3 rings (SSSR count). The van der Waals surface area contributed by atoms with Crippen LogP contribution in [0.4, 0.5) is 4.79 Å². The number of primary amides is 1. The van der Waals surface area contributed by atoms with Gasteiger partial charge in [0, 0.05) is 19.0 Å². The lowest BCUT2D eigenvalue weighted by molar-refractivity contribution is -0.140. The Morgan fingerprint density at radius 2 is 1.59 bits per heavy atom. The molecule has 5 N–H and O–H groups in total. The molecule has 0 saturated heterocycles. The van der Waals surface area contributed by atoms with Gasteiger partial charge in [-0.05, 0) is 22.3 Å². The summed E-state index contributed by atoms with van der Waals surface area (Å²) in [6, 6.07) is 14.5. The summed E-state index contributed by atoms with van der Waals surface area (Å²) in [5.74, 6) is -2.32. The topological polar surface area (TPSA) is 136 Å². The largest absolute Gasteiger partial charge is 0.481 e. The highest BCUT2D eigenvalue weighted by molar-refractivity contribution is 5.88. The molecule has 1 atom stereocenters. The zero-order valence-electron chi connectivity index (χ0n) is 15.8. The molecule has 0 saturated carbocycles. The van der Waals surface area contributed by atoms with Crippen LogP contribution in [0.25, 0.3) is 11.1 Å². The van der Waals surface area contributed by atoms with Gasteiger partial charge >= 0.3 is 12.1 Å². The van der Waals surface area contributed by atoms with E-state index in [9.17, 15) is 14.4 Å². The minimum absolute atomic E-state index is 0.0353. The van der Waals surface area contributed by atoms with Gasteiger partial charge in [-0.25, -0.2) is 4.79 Å². The summed E-state index contributed by atoms with van der Waals surface area (Å²) in [5, 5.41) is 9.03. The van der Waals surface area contributed by atoms with Crippen molar-refractivity contribution in [3.63, 3.8) is 0 Å². The van der Waals surface area contributed by atoms with E-state index in [1.807, 2.05) is 48.5 Å². The van der Waals surface area contributed by atoms with Gasteiger partial charge in [0.05, 0.1) is 6.42 Å². The average molecular weight is 397 g/mol. The first-order valence-corrected chi connectivity index (χ1v) is 9.26. The van der Waals surface area contributed by atoms with Crippen LogP contribution in [0.1, 0.15) is 23.5 Å². The van der Waals surface area contributed by atoms with Crippen molar-refractivity contribution < 1.29 is 24.2 Å². The summed E-state index contributed by atoms with van der Waals surface area (Å²) < 4.78 is 5.50. The number of carboxylic acid groups (broad SMARTS) is 1. The van der Waals surface area contributed by atoms with Crippen LogP contribution in [0.5, 0.6) is 0 Å². The van der Waals surface area contributed by atoms with E-state index >= 15 is 0 Å². The van der Waals surface area contributed by atoms with Crippen molar-refractivity contribution in [3.05, 3.63) is 59.7 Å². The van der Waals surface area contributed by atoms with Crippen molar-refractivity contribution in [1.29, 1.82) is 0 Å². The van der Waals surface area contributed by atoms with Crippen molar-refractivity contribution in [2.75, 3.05) is 19.7 Å². The number of carboxylic acids is 1. The molecule has 152 valence electrons. The molecule has 2 aromatic rings. The number of hydrogen-bond donors (Lipinski definition) is 3. The van der Waals surface area contributed by atoms with Crippen molar-refractivity contribution in [1.82, 2.24) is 4.90 Å². The molecule has 0 aliphatic heterocycles. The Morgan fingerprint density at radius 1 is 1.03 bits per heavy atom. The van der Waals surface area contributed by atoms with E-state index in [4.69, 9.17) is 21.3 Å². The smallest absolute Gasteiger partial charge is 0.410 e. The lowest BCUT2D eigenvalue weighted by Gasteiger charge is -2.28. The number of benzene rings is 2. The van der Waals surface area contributed by atoms with Gasteiger partial charge in [0.25, 0.3) is 0 Å². The maximum Gasteiger partial charge on any atom is 0.410 e. The van der Waals surface area contributed by atoms with Gasteiger partial charge in [-0.1, -0.05) is 48.5 Å². The molecule has 29 heavy (non-hydrogen) atoms. The lowest BCUT2D eigenvalue weighted by atomic mass is 9.98. The number of nitrogens with two attached hydrogens (primary N) is 2. The number of ether oxygens (including phenoxy) is 1. The molecule has 8 heteroatoms. The number of amides is 2. The second-order valence-corrected chi connectivity index (χ2v) is 6.80. The maximum absolute atomic E-state index is 12.7. The van der Waals surface area contributed by atoms with E-state index in [2.05, 4.69) is 0 Å². The molecule has 2 amide bonds. The number of hydrogen-bond acceptors (Lipinski definition) is 5. The number of rotatable bonds is 8. The highest BCUT2D eigenvalue weighted by Crippen LogP contribution is 2.44. The Hall–Kier alpha value is -3.39. The van der Waals surface area contributed by atoms with Gasteiger partial charge in [-0.3, -0.25) is 14.5 Å². The average Bonchev–Trinajstić information content (AvgIpc) is 3.02. The van der Waals surface area contributed by atoms with Gasteiger partial charge in [-0.2, -0.15) is 0 Å². The second kappa shape index (κ2) is 8.74. The van der Waals surface area contributed by atoms with Crippen molar-refractivity contribution in [2.24, 2.45) is 11.5 Å². The molecule has 0 fully saturated rings. The summed E-state index contributed by atoms with van der Waals surface area (Å²) in [6.07, 6.45) is -1.43. The van der Waals surface area contributed by atoms with Gasteiger partial charge < -0.3 is 21.3 Å². The van der Waals surface area contributed by atoms with Crippen LogP contribution >= 0.6 is 0 Å². The minimum Gasteiger partial charge on any atom is -0.481 e. The fraction of sp³-hybridized carbons (Fsp3) is 0.286. The molecule has 2 aromatic carbocycles. The highest BCUT2D eigenvalue weighted by Gasteiger charge is 2.33. The molecule has 0 radical (unpaired) electrons. The Labute approximate surface area is 168 Å². The quantitative estimate of drug-likeness (QED) is 0.618. The van der Waals surface area contributed by atoms with Crippen LogP contribution in [0.2, 0.25) is 0 Å². The third-order valence-electron chi connectivity index (χ3n) is 5.01. The normalized spacial score (nSPS) is 13.3. The number of aliphatic carboxylic acids is 1. The molecule has 1 aliphatic rings. The zero-order valence-corrected chi connectivity index (χ0v) is 15.8. The number of nitrogens with zero attached hydrogens (tertiary/aromatic N) is 1. The highest BCUT2D eigenvalue weighted by atomic mass is 16.6. The first-order chi connectivity index (χ1) is 13.9. The van der Waals surface area contributed by atoms with Crippen molar-refractivity contribution in [2.45, 2.75) is 18.4 Å². The number of fused-ring (bicyclic) bond motifs is 3. The summed E-state index contributed by atoms with van der Waals surface area (Å²) in [7, 11) is 0. The molecule has 0 spiro atoms. The third kappa shape index (κ3) is 4.22. The van der Waals surface area contributed by atoms with Crippen LogP contribution in [0.3, 0.4) is 0 Å². The first kappa shape index (κ1) is 20.3. The molecule has 1 unspecified atom stereocenters. The molecular weight excluding hydrogens is 374 g/mol. The molecule has 0 bridgehead atoms. The predicted molar refractivity (Wildman–Crippen MR) is 106 cm³/mol. The third-order valence-corrected chi connectivity index (χ3v) is 5.01. The summed E-state index contributed by atoms with van der Waals surface area (Å²) in [6.45, 7) is 0.0393. The van der Waals surface area contributed by atoms with Crippen LogP contribution in [0, 0.1) is 0 Å². The minimum atomic E-state index is -1.33. The Balaban J connectivity index is 1.80. The van der Waals surface area contributed by atoms with Gasteiger partial charge in [0.15, 0.2) is 0 Å². The van der Waals surface area contributed by atoms with Gasteiger partial charge in [0.2, 0.25) is 5.91 Å². The maximum atomic E-state index is 12.7. The van der Waals surface area contributed by atoms with Crippen LogP contribution in [-0.2, 0) is 14.3 Å². The number of carbonyl (C=O) groups is 3. The van der Waals surface area contributed by atoms with E-state index in [0.29, 0.717) is 0 Å². The SMILES string of the molecule is NCCN(C(=O)OCC1c2ccccc2-c2ccccc21)C(CC(=O)O)C(N)=O. The monoisotopic (exact) mass is 397 g/mol. The molecule has 0 aromatic heterocycles. The Kier molecular flexibility index (Phi) is 6.13. The molecule has 1 aliphatic carbocycles. The second-order valence-electron chi connectivity index (χ2n) is 6.80. The van der Waals surface area contributed by atoms with E-state index in [0.717, 1.165) is 27.2 Å². The molecule has 8 nitrogen and oxygen atoms in total. The van der Waals surface area contributed by atoms with Gasteiger partial charge in [-0.15, -0.1) is 0 Å². The fourth-order valence-electron chi connectivity index (χ4n) is 3.72. The van der Waals surface area contributed by atoms with Crippen molar-refractivity contribution >= 4 is 18.0 Å². The Bertz CT molecular complexity index is 885. The Morgan fingerprint density at radius 3 is 2.07 bits per heavy atom. The standard InChI is InChI=1S/C21H23N3O5/c22-9-10-24(18(20(23)27)11-19(25)26)21(28)29-12-17-15-7-3-1-5-13(15)14-6-2-4-8-16(14)17/h1-8,17-18H,9-12,22H2,(H2,23,27)(H,25,26). The zero-order chi connectivity index (χ0) is 21.0. The predicted octanol–water partition coefficient (Wildman–Crippen LogP) is 1.52.